The number of amides is 1. The van der Waals surface area contributed by atoms with Gasteiger partial charge in [-0.15, -0.1) is 5.92 Å². The Hall–Kier alpha value is -2.94. The van der Waals surface area contributed by atoms with E-state index in [4.69, 9.17) is 0 Å². The van der Waals surface area contributed by atoms with Crippen LogP contribution in [0.5, 0.6) is 0 Å². The molecule has 0 bridgehead atoms. The molecule has 0 N–H and O–H groups in total. The number of hydrogen-bond acceptors (Lipinski definition) is 5. The standard InChI is InChI=1S/C26H33N3O3/c1-7-8-20-13-17(2)23(18(3)14-20)24-21(30)15-26(16-22(24)31)9-11-29(12-10-26)25(32)19(4)27-28(5)6/h13-14,24H,9-12,15-16H2,1-6H3. The minimum absolute atomic E-state index is 0.00639. The van der Waals surface area contributed by atoms with Crippen molar-refractivity contribution in [1.82, 2.24) is 9.91 Å². The molecule has 6 heteroatoms. The summed E-state index contributed by atoms with van der Waals surface area (Å²) in [6.07, 6.45) is 2.12. The lowest BCUT2D eigenvalue weighted by molar-refractivity contribution is -0.139. The van der Waals surface area contributed by atoms with Crippen LogP contribution in [0.25, 0.3) is 0 Å². The fraction of sp³-hybridized carbons (Fsp3) is 0.538. The molecule has 170 valence electrons. The van der Waals surface area contributed by atoms with Gasteiger partial charge in [-0.3, -0.25) is 14.4 Å². The largest absolute Gasteiger partial charge is 0.338 e. The van der Waals surface area contributed by atoms with Crippen LogP contribution in [0, 0.1) is 31.1 Å². The molecule has 0 aromatic heterocycles. The van der Waals surface area contributed by atoms with Crippen LogP contribution in [0.2, 0.25) is 0 Å². The number of hydrogen-bond donors (Lipinski definition) is 0. The van der Waals surface area contributed by atoms with Gasteiger partial charge in [0.25, 0.3) is 5.91 Å². The van der Waals surface area contributed by atoms with Crippen molar-refractivity contribution in [3.05, 3.63) is 34.4 Å². The maximum atomic E-state index is 13.3. The Bertz CT molecular complexity index is 991. The topological polar surface area (TPSA) is 70.1 Å². The van der Waals surface area contributed by atoms with E-state index in [1.54, 1.807) is 37.9 Å². The van der Waals surface area contributed by atoms with Gasteiger partial charge in [0.2, 0.25) is 0 Å². The highest BCUT2D eigenvalue weighted by molar-refractivity contribution is 6.37. The zero-order chi connectivity index (χ0) is 23.6. The second-order valence-corrected chi connectivity index (χ2v) is 9.44. The van der Waals surface area contributed by atoms with E-state index in [0.717, 1.165) is 22.3 Å². The van der Waals surface area contributed by atoms with Crippen LogP contribution < -0.4 is 0 Å². The van der Waals surface area contributed by atoms with Gasteiger partial charge in [0.05, 0.1) is 0 Å². The monoisotopic (exact) mass is 435 g/mol. The van der Waals surface area contributed by atoms with E-state index in [0.29, 0.717) is 44.5 Å². The molecule has 1 aliphatic carbocycles. The van der Waals surface area contributed by atoms with Crippen LogP contribution >= 0.6 is 0 Å². The lowest BCUT2D eigenvalue weighted by Gasteiger charge is -2.44. The number of nitrogens with zero attached hydrogens (tertiary/aromatic N) is 3. The van der Waals surface area contributed by atoms with Crippen molar-refractivity contribution in [3.8, 4) is 11.8 Å². The Kier molecular flexibility index (Phi) is 6.88. The normalized spacial score (nSPS) is 19.1. The summed E-state index contributed by atoms with van der Waals surface area (Å²) in [4.78, 5) is 41.0. The highest BCUT2D eigenvalue weighted by atomic mass is 16.2. The third kappa shape index (κ3) is 4.77. The van der Waals surface area contributed by atoms with Crippen molar-refractivity contribution in [3.63, 3.8) is 0 Å². The number of likely N-dealkylation sites (tertiary alicyclic amines) is 1. The highest BCUT2D eigenvalue weighted by Gasteiger charge is 2.47. The Morgan fingerprint density at radius 2 is 1.62 bits per heavy atom. The van der Waals surface area contributed by atoms with E-state index < -0.39 is 5.92 Å². The van der Waals surface area contributed by atoms with Crippen molar-refractivity contribution in [2.24, 2.45) is 10.5 Å². The Labute approximate surface area is 191 Å². The summed E-state index contributed by atoms with van der Waals surface area (Å²) in [6.45, 7) is 8.51. The number of carbonyl (C=O) groups is 3. The van der Waals surface area contributed by atoms with E-state index >= 15 is 0 Å². The molecule has 1 heterocycles. The van der Waals surface area contributed by atoms with E-state index in [9.17, 15) is 14.4 Å². The predicted molar refractivity (Wildman–Crippen MR) is 126 cm³/mol. The van der Waals surface area contributed by atoms with Crippen molar-refractivity contribution in [1.29, 1.82) is 0 Å². The van der Waals surface area contributed by atoms with Crippen molar-refractivity contribution in [2.75, 3.05) is 27.2 Å². The second kappa shape index (κ2) is 9.28. The quantitative estimate of drug-likeness (QED) is 0.316. The van der Waals surface area contributed by atoms with Crippen LogP contribution in [0.4, 0.5) is 0 Å². The number of Topliss-reactive ketones (excluding diaryl/α,β-unsaturated/α-hetero) is 2. The molecule has 1 saturated carbocycles. The number of piperidine rings is 1. The summed E-state index contributed by atoms with van der Waals surface area (Å²) in [5.74, 6) is 5.21. The highest BCUT2D eigenvalue weighted by Crippen LogP contribution is 2.46. The maximum Gasteiger partial charge on any atom is 0.269 e. The number of benzene rings is 1. The molecule has 1 amide bonds. The average molecular weight is 436 g/mol. The van der Waals surface area contributed by atoms with Gasteiger partial charge in [-0.25, -0.2) is 0 Å². The molecule has 2 aliphatic rings. The lowest BCUT2D eigenvalue weighted by Crippen LogP contribution is -2.49. The van der Waals surface area contributed by atoms with E-state index in [-0.39, 0.29) is 22.9 Å². The molecule has 0 radical (unpaired) electrons. The van der Waals surface area contributed by atoms with Crippen LogP contribution in [-0.2, 0) is 14.4 Å². The van der Waals surface area contributed by atoms with Gasteiger partial charge >= 0.3 is 0 Å². The molecule has 1 aromatic rings. The minimum Gasteiger partial charge on any atom is -0.338 e. The van der Waals surface area contributed by atoms with Crippen LogP contribution in [0.15, 0.2) is 17.2 Å². The molecule has 0 atom stereocenters. The molecule has 0 unspecified atom stereocenters. The average Bonchev–Trinajstić information content (AvgIpc) is 2.69. The van der Waals surface area contributed by atoms with Gasteiger partial charge in [-0.05, 0) is 74.8 Å². The van der Waals surface area contributed by atoms with Gasteiger partial charge in [0, 0.05) is 45.6 Å². The van der Waals surface area contributed by atoms with Gasteiger partial charge < -0.3 is 9.91 Å². The first-order valence-electron chi connectivity index (χ1n) is 11.2. The number of carbonyl (C=O) groups excluding carboxylic acids is 3. The Morgan fingerprint density at radius 1 is 1.09 bits per heavy atom. The summed E-state index contributed by atoms with van der Waals surface area (Å²) in [5, 5.41) is 5.81. The number of aryl methyl sites for hydroxylation is 2. The molecule has 6 nitrogen and oxygen atoms in total. The first kappa shape index (κ1) is 23.7. The smallest absolute Gasteiger partial charge is 0.269 e. The molecular formula is C26H33N3O3. The zero-order valence-corrected chi connectivity index (χ0v) is 20.0. The molecule has 2 fully saturated rings. The molecule has 1 aromatic carbocycles. The van der Waals surface area contributed by atoms with Crippen LogP contribution in [0.1, 0.15) is 67.7 Å². The van der Waals surface area contributed by atoms with Crippen LogP contribution in [0.3, 0.4) is 0 Å². The molecule has 1 saturated heterocycles. The molecule has 32 heavy (non-hydrogen) atoms. The van der Waals surface area contributed by atoms with Gasteiger partial charge in [-0.1, -0.05) is 5.92 Å². The Morgan fingerprint density at radius 3 is 2.09 bits per heavy atom. The fourth-order valence-corrected chi connectivity index (χ4v) is 5.26. The predicted octanol–water partition coefficient (Wildman–Crippen LogP) is 3.24. The lowest BCUT2D eigenvalue weighted by atomic mass is 9.62. The van der Waals surface area contributed by atoms with E-state index in [1.807, 2.05) is 26.0 Å². The summed E-state index contributed by atoms with van der Waals surface area (Å²) in [6, 6.07) is 3.93. The van der Waals surface area contributed by atoms with Crippen molar-refractivity contribution in [2.45, 2.75) is 59.3 Å². The first-order valence-corrected chi connectivity index (χ1v) is 11.2. The molecule has 3 rings (SSSR count). The third-order valence-corrected chi connectivity index (χ3v) is 6.66. The number of ketones is 2. The van der Waals surface area contributed by atoms with Gasteiger partial charge in [-0.2, -0.15) is 5.10 Å². The summed E-state index contributed by atoms with van der Waals surface area (Å²) in [5.41, 5.74) is 3.76. The third-order valence-electron chi connectivity index (χ3n) is 6.66. The van der Waals surface area contributed by atoms with E-state index in [2.05, 4.69) is 16.9 Å². The molecule has 1 spiro atoms. The maximum absolute atomic E-state index is 13.3. The Balaban J connectivity index is 1.75. The first-order chi connectivity index (χ1) is 15.1. The summed E-state index contributed by atoms with van der Waals surface area (Å²) < 4.78 is 0. The minimum atomic E-state index is -0.682. The number of rotatable bonds is 3. The number of hydrazone groups is 1. The molecule has 1 aliphatic heterocycles. The van der Waals surface area contributed by atoms with E-state index in [1.165, 1.54) is 0 Å². The SMILES string of the molecule is CC#Cc1cc(C)c(C2C(=O)CC3(CCN(C(=O)C(C)=NN(C)C)CC3)CC2=O)c(C)c1. The van der Waals surface area contributed by atoms with Crippen molar-refractivity contribution >= 4 is 23.2 Å². The summed E-state index contributed by atoms with van der Waals surface area (Å²) >= 11 is 0. The van der Waals surface area contributed by atoms with Crippen molar-refractivity contribution < 1.29 is 14.4 Å². The van der Waals surface area contributed by atoms with Gasteiger partial charge in [0.1, 0.15) is 23.2 Å². The van der Waals surface area contributed by atoms with Gasteiger partial charge in [0.15, 0.2) is 0 Å². The molecular weight excluding hydrogens is 402 g/mol. The fourth-order valence-electron chi connectivity index (χ4n) is 5.26. The summed E-state index contributed by atoms with van der Waals surface area (Å²) in [7, 11) is 3.57. The zero-order valence-electron chi connectivity index (χ0n) is 20.0. The second-order valence-electron chi connectivity index (χ2n) is 9.44. The van der Waals surface area contributed by atoms with Crippen LogP contribution in [-0.4, -0.2) is 60.3 Å².